The van der Waals surface area contributed by atoms with Gasteiger partial charge in [-0.15, -0.1) is 0 Å². The van der Waals surface area contributed by atoms with Crippen LogP contribution in [0.3, 0.4) is 0 Å². The van der Waals surface area contributed by atoms with Crippen molar-refractivity contribution in [1.29, 1.82) is 0 Å². The van der Waals surface area contributed by atoms with E-state index in [4.69, 9.17) is 0 Å². The van der Waals surface area contributed by atoms with Crippen LogP contribution in [-0.2, 0) is 9.59 Å². The normalized spacial score (nSPS) is 36.7. The molecule has 3 fully saturated rings. The number of nitrogens with zero attached hydrogens (tertiary/aromatic N) is 2. The first-order valence-corrected chi connectivity index (χ1v) is 7.39. The van der Waals surface area contributed by atoms with Crippen LogP contribution in [0.1, 0.15) is 39.5 Å². The van der Waals surface area contributed by atoms with E-state index in [9.17, 15) is 9.59 Å². The van der Waals surface area contributed by atoms with Crippen molar-refractivity contribution in [1.82, 2.24) is 15.1 Å². The molecule has 2 atom stereocenters. The molecular formula is C14H23N3O2. The summed E-state index contributed by atoms with van der Waals surface area (Å²) in [6.45, 7) is 6.05. The molecule has 106 valence electrons. The van der Waals surface area contributed by atoms with Gasteiger partial charge in [-0.2, -0.15) is 0 Å². The van der Waals surface area contributed by atoms with Gasteiger partial charge in [-0.05, 0) is 32.6 Å². The Hall–Kier alpha value is -1.10. The predicted molar refractivity (Wildman–Crippen MR) is 71.6 cm³/mol. The number of likely N-dealkylation sites (tertiary alicyclic amines) is 1. The minimum absolute atomic E-state index is 0.0196. The molecule has 3 aliphatic rings. The van der Waals surface area contributed by atoms with E-state index in [2.05, 4.69) is 10.2 Å². The van der Waals surface area contributed by atoms with Crippen LogP contribution < -0.4 is 5.32 Å². The Kier molecular flexibility index (Phi) is 3.04. The minimum Gasteiger partial charge on any atom is -0.340 e. The summed E-state index contributed by atoms with van der Waals surface area (Å²) in [7, 11) is 0. The fourth-order valence-electron chi connectivity index (χ4n) is 3.27. The highest BCUT2D eigenvalue weighted by molar-refractivity contribution is 5.97. The van der Waals surface area contributed by atoms with Crippen molar-refractivity contribution >= 4 is 11.8 Å². The summed E-state index contributed by atoms with van der Waals surface area (Å²) < 4.78 is 0. The van der Waals surface area contributed by atoms with Gasteiger partial charge >= 0.3 is 0 Å². The van der Waals surface area contributed by atoms with Gasteiger partial charge in [0.05, 0.1) is 6.54 Å². The number of hydrogen-bond acceptors (Lipinski definition) is 3. The van der Waals surface area contributed by atoms with Crippen molar-refractivity contribution in [2.24, 2.45) is 0 Å². The summed E-state index contributed by atoms with van der Waals surface area (Å²) >= 11 is 0. The molecule has 1 aliphatic carbocycles. The van der Waals surface area contributed by atoms with Crippen LogP contribution in [-0.4, -0.2) is 58.9 Å². The highest BCUT2D eigenvalue weighted by atomic mass is 16.2. The van der Waals surface area contributed by atoms with Gasteiger partial charge in [-0.25, -0.2) is 0 Å². The maximum absolute atomic E-state index is 12.6. The molecule has 3 rings (SSSR count). The molecule has 2 heterocycles. The SMILES string of the molecule is CCC1(C)NC(=O)CN(C2CCN(C3CC3)C2)C1=O. The first-order valence-electron chi connectivity index (χ1n) is 7.39. The highest BCUT2D eigenvalue weighted by Gasteiger charge is 2.46. The van der Waals surface area contributed by atoms with E-state index in [1.54, 1.807) is 0 Å². The van der Waals surface area contributed by atoms with Crippen molar-refractivity contribution in [3.8, 4) is 0 Å². The number of piperazine rings is 1. The van der Waals surface area contributed by atoms with Crippen molar-refractivity contribution in [2.75, 3.05) is 19.6 Å². The molecule has 1 saturated carbocycles. The number of carbonyl (C=O) groups excluding carboxylic acids is 2. The van der Waals surface area contributed by atoms with Gasteiger partial charge in [0.25, 0.3) is 0 Å². The largest absolute Gasteiger partial charge is 0.340 e. The van der Waals surface area contributed by atoms with Gasteiger partial charge in [-0.3, -0.25) is 14.5 Å². The maximum atomic E-state index is 12.6. The number of hydrogen-bond donors (Lipinski definition) is 1. The zero-order chi connectivity index (χ0) is 13.6. The second kappa shape index (κ2) is 4.47. The predicted octanol–water partition coefficient (Wildman–Crippen LogP) is 0.350. The topological polar surface area (TPSA) is 52.7 Å². The molecule has 0 aromatic heterocycles. The Balaban J connectivity index is 1.72. The maximum Gasteiger partial charge on any atom is 0.248 e. The first kappa shape index (κ1) is 12.9. The molecule has 0 bridgehead atoms. The highest BCUT2D eigenvalue weighted by Crippen LogP contribution is 2.32. The molecule has 0 spiro atoms. The van der Waals surface area contributed by atoms with Gasteiger partial charge < -0.3 is 10.2 Å². The molecular weight excluding hydrogens is 242 g/mol. The molecule has 5 nitrogen and oxygen atoms in total. The molecule has 2 saturated heterocycles. The zero-order valence-electron chi connectivity index (χ0n) is 11.8. The summed E-state index contributed by atoms with van der Waals surface area (Å²) in [4.78, 5) is 28.8. The van der Waals surface area contributed by atoms with Gasteiger partial charge in [0.1, 0.15) is 5.54 Å². The Morgan fingerprint density at radius 2 is 2.00 bits per heavy atom. The second-order valence-electron chi connectivity index (χ2n) is 6.34. The van der Waals surface area contributed by atoms with Crippen LogP contribution in [0.5, 0.6) is 0 Å². The van der Waals surface area contributed by atoms with Crippen LogP contribution in [0.4, 0.5) is 0 Å². The van der Waals surface area contributed by atoms with Crippen LogP contribution in [0.2, 0.25) is 0 Å². The van der Waals surface area contributed by atoms with E-state index < -0.39 is 5.54 Å². The summed E-state index contributed by atoms with van der Waals surface area (Å²) in [6.07, 6.45) is 4.25. The third kappa shape index (κ3) is 2.24. The lowest BCUT2D eigenvalue weighted by Crippen LogP contribution is -2.67. The Morgan fingerprint density at radius 3 is 2.63 bits per heavy atom. The van der Waals surface area contributed by atoms with Crippen LogP contribution >= 0.6 is 0 Å². The van der Waals surface area contributed by atoms with E-state index >= 15 is 0 Å². The molecule has 0 aromatic rings. The molecule has 19 heavy (non-hydrogen) atoms. The fraction of sp³-hybridized carbons (Fsp3) is 0.857. The van der Waals surface area contributed by atoms with E-state index in [0.717, 1.165) is 25.6 Å². The summed E-state index contributed by atoms with van der Waals surface area (Å²) in [6, 6.07) is 0.973. The second-order valence-corrected chi connectivity index (χ2v) is 6.34. The molecule has 5 heteroatoms. The zero-order valence-corrected chi connectivity index (χ0v) is 11.8. The van der Waals surface area contributed by atoms with Gasteiger partial charge in [0, 0.05) is 25.2 Å². The average Bonchev–Trinajstić information content (AvgIpc) is 3.12. The molecule has 2 unspecified atom stereocenters. The summed E-state index contributed by atoms with van der Waals surface area (Å²) in [5.74, 6) is 0.0751. The lowest BCUT2D eigenvalue weighted by atomic mass is 9.93. The third-order valence-electron chi connectivity index (χ3n) is 4.87. The van der Waals surface area contributed by atoms with Gasteiger partial charge in [0.2, 0.25) is 11.8 Å². The fourth-order valence-corrected chi connectivity index (χ4v) is 3.27. The quantitative estimate of drug-likeness (QED) is 0.801. The van der Waals surface area contributed by atoms with Crippen LogP contribution in [0, 0.1) is 0 Å². The lowest BCUT2D eigenvalue weighted by Gasteiger charge is -2.42. The molecule has 1 N–H and O–H groups in total. The number of carbonyl (C=O) groups is 2. The average molecular weight is 265 g/mol. The Morgan fingerprint density at radius 1 is 1.26 bits per heavy atom. The van der Waals surface area contributed by atoms with Crippen molar-refractivity contribution in [3.63, 3.8) is 0 Å². The van der Waals surface area contributed by atoms with Crippen molar-refractivity contribution in [3.05, 3.63) is 0 Å². The Bertz CT molecular complexity index is 407. The van der Waals surface area contributed by atoms with Crippen LogP contribution in [0.25, 0.3) is 0 Å². The molecule has 0 aromatic carbocycles. The van der Waals surface area contributed by atoms with Crippen molar-refractivity contribution < 1.29 is 9.59 Å². The first-order chi connectivity index (χ1) is 9.03. The number of amides is 2. The standard InChI is InChI=1S/C14H23N3O2/c1-3-14(2)13(19)17(9-12(18)15-14)11-6-7-16(8-11)10-4-5-10/h10-11H,3-9H2,1-2H3,(H,15,18). The van der Waals surface area contributed by atoms with E-state index in [0.29, 0.717) is 6.42 Å². The van der Waals surface area contributed by atoms with E-state index in [1.165, 1.54) is 12.8 Å². The Labute approximate surface area is 114 Å². The van der Waals surface area contributed by atoms with Crippen molar-refractivity contribution in [2.45, 2.75) is 57.2 Å². The molecule has 2 amide bonds. The van der Waals surface area contributed by atoms with Gasteiger partial charge in [0.15, 0.2) is 0 Å². The van der Waals surface area contributed by atoms with Crippen LogP contribution in [0.15, 0.2) is 0 Å². The monoisotopic (exact) mass is 265 g/mol. The number of rotatable bonds is 3. The minimum atomic E-state index is -0.706. The van der Waals surface area contributed by atoms with Gasteiger partial charge in [-0.1, -0.05) is 6.92 Å². The lowest BCUT2D eigenvalue weighted by molar-refractivity contribution is -0.151. The molecule has 2 aliphatic heterocycles. The summed E-state index contributed by atoms with van der Waals surface area (Å²) in [5.41, 5.74) is -0.706. The molecule has 0 radical (unpaired) electrons. The van der Waals surface area contributed by atoms with E-state index in [-0.39, 0.29) is 24.4 Å². The number of nitrogens with one attached hydrogen (secondary N) is 1. The third-order valence-corrected chi connectivity index (χ3v) is 4.87. The van der Waals surface area contributed by atoms with E-state index in [1.807, 2.05) is 18.7 Å². The summed E-state index contributed by atoms with van der Waals surface area (Å²) in [5, 5.41) is 2.85. The smallest absolute Gasteiger partial charge is 0.248 e.